The fourth-order valence-corrected chi connectivity index (χ4v) is 4.18. The van der Waals surface area contributed by atoms with Crippen LogP contribution in [0.15, 0.2) is 48.5 Å². The number of rotatable bonds is 5. The number of carbonyl (C=O) groups excluding carboxylic acids is 1. The van der Waals surface area contributed by atoms with E-state index in [-0.39, 0.29) is 11.6 Å². The van der Waals surface area contributed by atoms with E-state index in [0.717, 1.165) is 54.4 Å². The summed E-state index contributed by atoms with van der Waals surface area (Å²) in [4.78, 5) is 15.3. The Kier molecular flexibility index (Phi) is 5.48. The van der Waals surface area contributed by atoms with Crippen molar-refractivity contribution < 1.29 is 13.9 Å². The molecule has 0 atom stereocenters. The first kappa shape index (κ1) is 20.0. The van der Waals surface area contributed by atoms with Crippen LogP contribution in [0, 0.1) is 19.7 Å². The van der Waals surface area contributed by atoms with Crippen molar-refractivity contribution >= 4 is 17.3 Å². The standard InChI is InChI=1S/C24H26FN3O2/c1-16-14-20(17(2)28(16)18-8-6-9-19(15-18)30-3)24(29)26-23-21(25)10-7-11-22(23)27-12-4-5-13-27/h6-11,14-15H,4-5,12-13H2,1-3H3,(H,26,29). The molecule has 0 unspecified atom stereocenters. The molecule has 1 aliphatic heterocycles. The molecule has 1 fully saturated rings. The zero-order valence-electron chi connectivity index (χ0n) is 17.5. The summed E-state index contributed by atoms with van der Waals surface area (Å²) in [5.41, 5.74) is 4.12. The third-order valence-corrected chi connectivity index (χ3v) is 5.66. The van der Waals surface area contributed by atoms with E-state index in [0.29, 0.717) is 5.56 Å². The van der Waals surface area contributed by atoms with Crippen molar-refractivity contribution in [3.8, 4) is 11.4 Å². The average molecular weight is 407 g/mol. The van der Waals surface area contributed by atoms with Gasteiger partial charge in [-0.05, 0) is 57.0 Å². The molecule has 5 nitrogen and oxygen atoms in total. The van der Waals surface area contributed by atoms with E-state index in [1.54, 1.807) is 13.2 Å². The number of methoxy groups -OCH3 is 1. The Bertz CT molecular complexity index is 1080. The lowest BCUT2D eigenvalue weighted by Crippen LogP contribution is -2.22. The van der Waals surface area contributed by atoms with E-state index in [1.807, 2.05) is 54.8 Å². The van der Waals surface area contributed by atoms with Crippen LogP contribution < -0.4 is 15.0 Å². The van der Waals surface area contributed by atoms with Gasteiger partial charge in [0.05, 0.1) is 18.4 Å². The second kappa shape index (κ2) is 8.22. The van der Waals surface area contributed by atoms with Gasteiger partial charge in [0, 0.05) is 36.2 Å². The first-order valence-corrected chi connectivity index (χ1v) is 10.2. The topological polar surface area (TPSA) is 46.5 Å². The fourth-order valence-electron chi connectivity index (χ4n) is 4.18. The maximum absolute atomic E-state index is 14.7. The number of para-hydroxylation sites is 1. The number of hydrogen-bond donors (Lipinski definition) is 1. The van der Waals surface area contributed by atoms with E-state index in [9.17, 15) is 9.18 Å². The zero-order chi connectivity index (χ0) is 21.3. The van der Waals surface area contributed by atoms with Crippen LogP contribution in [0.3, 0.4) is 0 Å². The maximum atomic E-state index is 14.7. The van der Waals surface area contributed by atoms with Gasteiger partial charge in [0.2, 0.25) is 0 Å². The largest absolute Gasteiger partial charge is 0.497 e. The molecule has 0 bridgehead atoms. The van der Waals surface area contributed by atoms with E-state index in [4.69, 9.17) is 4.74 Å². The van der Waals surface area contributed by atoms with Gasteiger partial charge in [0.15, 0.2) is 0 Å². The molecule has 1 N–H and O–H groups in total. The van der Waals surface area contributed by atoms with Crippen LogP contribution in [0.5, 0.6) is 5.75 Å². The number of anilines is 2. The van der Waals surface area contributed by atoms with Gasteiger partial charge in [0.1, 0.15) is 17.3 Å². The third-order valence-electron chi connectivity index (χ3n) is 5.66. The first-order chi connectivity index (χ1) is 14.5. The number of nitrogens with one attached hydrogen (secondary N) is 1. The van der Waals surface area contributed by atoms with Crippen LogP contribution in [0.25, 0.3) is 5.69 Å². The van der Waals surface area contributed by atoms with Crippen molar-refractivity contribution in [3.05, 3.63) is 71.3 Å². The van der Waals surface area contributed by atoms with Crippen molar-refractivity contribution in [3.63, 3.8) is 0 Å². The van der Waals surface area contributed by atoms with Crippen LogP contribution in [-0.2, 0) is 0 Å². The van der Waals surface area contributed by atoms with E-state index in [1.165, 1.54) is 6.07 Å². The van der Waals surface area contributed by atoms with Crippen molar-refractivity contribution in [1.82, 2.24) is 4.57 Å². The Morgan fingerprint density at radius 3 is 2.53 bits per heavy atom. The van der Waals surface area contributed by atoms with Crippen molar-refractivity contribution in [2.45, 2.75) is 26.7 Å². The highest BCUT2D eigenvalue weighted by molar-refractivity contribution is 6.07. The summed E-state index contributed by atoms with van der Waals surface area (Å²) in [5.74, 6) is 0.00441. The molecule has 1 saturated heterocycles. The molecular formula is C24H26FN3O2. The number of halogens is 1. The Balaban J connectivity index is 1.67. The molecule has 2 heterocycles. The van der Waals surface area contributed by atoms with Gasteiger partial charge in [-0.15, -0.1) is 0 Å². The number of hydrogen-bond acceptors (Lipinski definition) is 3. The molecule has 1 aromatic heterocycles. The average Bonchev–Trinajstić information content (AvgIpc) is 3.37. The Morgan fingerprint density at radius 1 is 1.07 bits per heavy atom. The summed E-state index contributed by atoms with van der Waals surface area (Å²) in [6.45, 7) is 5.58. The van der Waals surface area contributed by atoms with E-state index >= 15 is 0 Å². The van der Waals surface area contributed by atoms with Gasteiger partial charge in [0.25, 0.3) is 5.91 Å². The molecule has 2 aromatic carbocycles. The van der Waals surface area contributed by atoms with Gasteiger partial charge >= 0.3 is 0 Å². The van der Waals surface area contributed by atoms with Gasteiger partial charge in [-0.3, -0.25) is 4.79 Å². The lowest BCUT2D eigenvalue weighted by Gasteiger charge is -2.22. The Labute approximate surface area is 176 Å². The lowest BCUT2D eigenvalue weighted by atomic mass is 10.2. The molecular weight excluding hydrogens is 381 g/mol. The number of benzene rings is 2. The quantitative estimate of drug-likeness (QED) is 0.641. The predicted octanol–water partition coefficient (Wildman–Crippen LogP) is 5.09. The van der Waals surface area contributed by atoms with Gasteiger partial charge in [-0.25, -0.2) is 4.39 Å². The van der Waals surface area contributed by atoms with Gasteiger partial charge < -0.3 is 19.5 Å². The van der Waals surface area contributed by atoms with E-state index < -0.39 is 5.82 Å². The Morgan fingerprint density at radius 2 is 1.80 bits per heavy atom. The number of aromatic nitrogens is 1. The summed E-state index contributed by atoms with van der Waals surface area (Å²) in [5, 5.41) is 2.83. The summed E-state index contributed by atoms with van der Waals surface area (Å²) >= 11 is 0. The minimum absolute atomic E-state index is 0.246. The minimum atomic E-state index is -0.422. The second-order valence-corrected chi connectivity index (χ2v) is 7.60. The highest BCUT2D eigenvalue weighted by atomic mass is 19.1. The lowest BCUT2D eigenvalue weighted by molar-refractivity contribution is 0.102. The molecule has 3 aromatic rings. The number of carbonyl (C=O) groups is 1. The van der Waals surface area contributed by atoms with Crippen molar-refractivity contribution in [1.29, 1.82) is 0 Å². The van der Waals surface area contributed by atoms with Crippen LogP contribution in [0.4, 0.5) is 15.8 Å². The third kappa shape index (κ3) is 3.65. The molecule has 4 rings (SSSR count). The molecule has 0 aliphatic carbocycles. The molecule has 0 saturated carbocycles. The molecule has 0 radical (unpaired) electrons. The molecule has 0 spiro atoms. The minimum Gasteiger partial charge on any atom is -0.497 e. The van der Waals surface area contributed by atoms with Crippen molar-refractivity contribution in [2.75, 3.05) is 30.4 Å². The molecule has 1 amide bonds. The maximum Gasteiger partial charge on any atom is 0.257 e. The van der Waals surface area contributed by atoms with Crippen LogP contribution in [0.1, 0.15) is 34.6 Å². The fraction of sp³-hybridized carbons (Fsp3) is 0.292. The second-order valence-electron chi connectivity index (χ2n) is 7.60. The first-order valence-electron chi connectivity index (χ1n) is 10.2. The summed E-state index contributed by atoms with van der Waals surface area (Å²) in [6.07, 6.45) is 2.15. The molecule has 156 valence electrons. The monoisotopic (exact) mass is 407 g/mol. The highest BCUT2D eigenvalue weighted by Crippen LogP contribution is 2.32. The summed E-state index contributed by atoms with van der Waals surface area (Å²) in [7, 11) is 1.62. The van der Waals surface area contributed by atoms with Crippen LogP contribution in [-0.4, -0.2) is 30.7 Å². The number of amides is 1. The summed E-state index contributed by atoms with van der Waals surface area (Å²) in [6, 6.07) is 14.4. The number of aryl methyl sites for hydroxylation is 1. The van der Waals surface area contributed by atoms with Gasteiger partial charge in [-0.2, -0.15) is 0 Å². The number of nitrogens with zero attached hydrogens (tertiary/aromatic N) is 2. The molecule has 6 heteroatoms. The zero-order valence-corrected chi connectivity index (χ0v) is 17.5. The van der Waals surface area contributed by atoms with Crippen molar-refractivity contribution in [2.24, 2.45) is 0 Å². The number of ether oxygens (including phenoxy) is 1. The molecule has 1 aliphatic rings. The van der Waals surface area contributed by atoms with Gasteiger partial charge in [-0.1, -0.05) is 12.1 Å². The predicted molar refractivity (Wildman–Crippen MR) is 118 cm³/mol. The normalized spacial score (nSPS) is 13.5. The van der Waals surface area contributed by atoms with E-state index in [2.05, 4.69) is 10.2 Å². The molecule has 30 heavy (non-hydrogen) atoms. The van der Waals surface area contributed by atoms with Crippen LogP contribution in [0.2, 0.25) is 0 Å². The smallest absolute Gasteiger partial charge is 0.257 e. The Hall–Kier alpha value is -3.28. The summed E-state index contributed by atoms with van der Waals surface area (Å²) < 4.78 is 22.0. The highest BCUT2D eigenvalue weighted by Gasteiger charge is 2.22. The SMILES string of the molecule is COc1cccc(-n2c(C)cc(C(=O)Nc3c(F)cccc3N3CCCC3)c2C)c1. The van der Waals surface area contributed by atoms with Crippen LogP contribution >= 0.6 is 0 Å².